The van der Waals surface area contributed by atoms with Crippen molar-refractivity contribution in [2.45, 2.75) is 45.4 Å². The van der Waals surface area contributed by atoms with E-state index in [1.54, 1.807) is 0 Å². The highest BCUT2D eigenvalue weighted by molar-refractivity contribution is 7.14. The lowest BCUT2D eigenvalue weighted by molar-refractivity contribution is 0.0529. The summed E-state index contributed by atoms with van der Waals surface area (Å²) in [5, 5.41) is 10.6. The van der Waals surface area contributed by atoms with E-state index in [0.29, 0.717) is 12.6 Å². The molecule has 4 heterocycles. The second-order valence-electron chi connectivity index (χ2n) is 8.20. The SMILES string of the molecule is CCNC(=NCc1ccc(N2CCOC(C)C2)nc1)NC1CCN(c2cccs2)CC1. The summed E-state index contributed by atoms with van der Waals surface area (Å²) in [5.41, 5.74) is 1.12. The third-order valence-electron chi connectivity index (χ3n) is 5.79. The number of aromatic nitrogens is 1. The number of pyridine rings is 1. The van der Waals surface area contributed by atoms with Crippen LogP contribution in [0.2, 0.25) is 0 Å². The zero-order chi connectivity index (χ0) is 21.5. The lowest BCUT2D eigenvalue weighted by Crippen LogP contribution is -2.48. The van der Waals surface area contributed by atoms with E-state index in [1.165, 1.54) is 5.00 Å². The van der Waals surface area contributed by atoms with Crippen LogP contribution in [0.1, 0.15) is 32.3 Å². The molecule has 0 saturated carbocycles. The molecule has 2 N–H and O–H groups in total. The Morgan fingerprint density at radius 3 is 2.77 bits per heavy atom. The first-order chi connectivity index (χ1) is 15.2. The number of nitrogens with one attached hydrogen (secondary N) is 2. The van der Waals surface area contributed by atoms with Gasteiger partial charge in [0.2, 0.25) is 0 Å². The van der Waals surface area contributed by atoms with Crippen LogP contribution >= 0.6 is 11.3 Å². The first-order valence-electron chi connectivity index (χ1n) is 11.4. The first-order valence-corrected chi connectivity index (χ1v) is 12.2. The van der Waals surface area contributed by atoms with Crippen molar-refractivity contribution in [3.8, 4) is 0 Å². The molecule has 168 valence electrons. The molecule has 2 fully saturated rings. The molecule has 2 aliphatic rings. The van der Waals surface area contributed by atoms with Gasteiger partial charge < -0.3 is 25.2 Å². The standard InChI is InChI=1S/C23H34N6OS/c1-3-24-23(27-20-8-10-28(11-9-20)22-5-4-14-31-22)26-16-19-6-7-21(25-15-19)29-12-13-30-18(2)17-29/h4-7,14-15,18,20H,3,8-13,16-17H2,1-2H3,(H2,24,26,27). The lowest BCUT2D eigenvalue weighted by atomic mass is 10.1. The molecule has 2 saturated heterocycles. The van der Waals surface area contributed by atoms with Gasteiger partial charge in [-0.2, -0.15) is 0 Å². The van der Waals surface area contributed by atoms with Crippen LogP contribution < -0.4 is 20.4 Å². The number of piperidine rings is 1. The van der Waals surface area contributed by atoms with Crippen molar-refractivity contribution in [1.82, 2.24) is 15.6 Å². The van der Waals surface area contributed by atoms with Crippen LogP contribution in [0.25, 0.3) is 0 Å². The predicted molar refractivity (Wildman–Crippen MR) is 129 cm³/mol. The van der Waals surface area contributed by atoms with Gasteiger partial charge in [0.1, 0.15) is 5.82 Å². The Kier molecular flexibility index (Phi) is 7.64. The van der Waals surface area contributed by atoms with Crippen LogP contribution in [0.3, 0.4) is 0 Å². The molecule has 0 spiro atoms. The molecule has 0 bridgehead atoms. The maximum absolute atomic E-state index is 5.62. The van der Waals surface area contributed by atoms with Gasteiger partial charge in [-0.15, -0.1) is 11.3 Å². The number of aliphatic imine (C=N–C) groups is 1. The summed E-state index contributed by atoms with van der Waals surface area (Å²) in [6, 6.07) is 9.03. The fourth-order valence-electron chi connectivity index (χ4n) is 4.10. The topological polar surface area (TPSA) is 65.0 Å². The molecule has 1 atom stereocenters. The zero-order valence-corrected chi connectivity index (χ0v) is 19.4. The average molecular weight is 443 g/mol. The lowest BCUT2D eigenvalue weighted by Gasteiger charge is -2.33. The molecule has 4 rings (SSSR count). The van der Waals surface area contributed by atoms with Crippen molar-refractivity contribution >= 4 is 28.1 Å². The largest absolute Gasteiger partial charge is 0.375 e. The summed E-state index contributed by atoms with van der Waals surface area (Å²) in [5.74, 6) is 1.91. The summed E-state index contributed by atoms with van der Waals surface area (Å²) in [4.78, 5) is 14.2. The smallest absolute Gasteiger partial charge is 0.191 e. The molecular formula is C23H34N6OS. The Morgan fingerprint density at radius 2 is 2.10 bits per heavy atom. The number of ether oxygens (including phenoxy) is 1. The van der Waals surface area contributed by atoms with Crippen molar-refractivity contribution in [1.29, 1.82) is 0 Å². The number of hydrogen-bond acceptors (Lipinski definition) is 6. The molecule has 0 radical (unpaired) electrons. The van der Waals surface area contributed by atoms with Gasteiger partial charge in [0.05, 0.1) is 24.3 Å². The fraction of sp³-hybridized carbons (Fsp3) is 0.565. The van der Waals surface area contributed by atoms with Crippen LogP contribution in [0.5, 0.6) is 0 Å². The molecule has 8 heteroatoms. The number of morpholine rings is 1. The Hall–Kier alpha value is -2.32. The Balaban J connectivity index is 1.29. The van der Waals surface area contributed by atoms with E-state index < -0.39 is 0 Å². The van der Waals surface area contributed by atoms with Gasteiger partial charge in [0, 0.05) is 45.0 Å². The molecule has 0 amide bonds. The molecular weight excluding hydrogens is 408 g/mol. The minimum atomic E-state index is 0.255. The van der Waals surface area contributed by atoms with Crippen LogP contribution in [0, 0.1) is 0 Å². The van der Waals surface area contributed by atoms with E-state index in [2.05, 4.69) is 68.9 Å². The van der Waals surface area contributed by atoms with E-state index >= 15 is 0 Å². The minimum absolute atomic E-state index is 0.255. The highest BCUT2D eigenvalue weighted by atomic mass is 32.1. The second kappa shape index (κ2) is 10.8. The normalized spacial score (nSPS) is 20.7. The van der Waals surface area contributed by atoms with Crippen molar-refractivity contribution in [2.24, 2.45) is 4.99 Å². The van der Waals surface area contributed by atoms with Crippen molar-refractivity contribution in [2.75, 3.05) is 49.1 Å². The van der Waals surface area contributed by atoms with Crippen LogP contribution in [0.4, 0.5) is 10.8 Å². The highest BCUT2D eigenvalue weighted by Crippen LogP contribution is 2.24. The average Bonchev–Trinajstić information content (AvgIpc) is 3.33. The van der Waals surface area contributed by atoms with Gasteiger partial charge in [0.25, 0.3) is 0 Å². The quantitative estimate of drug-likeness (QED) is 0.529. The van der Waals surface area contributed by atoms with E-state index in [4.69, 9.17) is 9.73 Å². The number of anilines is 2. The maximum atomic E-state index is 5.62. The summed E-state index contributed by atoms with van der Waals surface area (Å²) >= 11 is 1.82. The van der Waals surface area contributed by atoms with Crippen LogP contribution in [-0.2, 0) is 11.3 Å². The summed E-state index contributed by atoms with van der Waals surface area (Å²) in [7, 11) is 0. The van der Waals surface area contributed by atoms with Gasteiger partial charge >= 0.3 is 0 Å². The number of hydrogen-bond donors (Lipinski definition) is 2. The van der Waals surface area contributed by atoms with E-state index in [-0.39, 0.29) is 6.10 Å². The van der Waals surface area contributed by atoms with Gasteiger partial charge in [-0.1, -0.05) is 6.07 Å². The number of rotatable bonds is 6. The molecule has 7 nitrogen and oxygen atoms in total. The van der Waals surface area contributed by atoms with Gasteiger partial charge in [-0.05, 0) is 55.8 Å². The second-order valence-corrected chi connectivity index (χ2v) is 9.13. The first kappa shape index (κ1) is 21.9. The third kappa shape index (κ3) is 6.11. The van der Waals surface area contributed by atoms with Crippen molar-refractivity contribution < 1.29 is 4.74 Å². The molecule has 2 aromatic heterocycles. The van der Waals surface area contributed by atoms with Crippen LogP contribution in [0.15, 0.2) is 40.8 Å². The monoisotopic (exact) mass is 442 g/mol. The minimum Gasteiger partial charge on any atom is -0.375 e. The third-order valence-corrected chi connectivity index (χ3v) is 6.72. The van der Waals surface area contributed by atoms with Gasteiger partial charge in [0.15, 0.2) is 5.96 Å². The fourth-order valence-corrected chi connectivity index (χ4v) is 4.89. The van der Waals surface area contributed by atoms with Crippen LogP contribution in [-0.4, -0.2) is 62.4 Å². The Morgan fingerprint density at radius 1 is 1.23 bits per heavy atom. The predicted octanol–water partition coefficient (Wildman–Crippen LogP) is 3.09. The number of nitrogens with zero attached hydrogens (tertiary/aromatic N) is 4. The Bertz CT molecular complexity index is 817. The van der Waals surface area contributed by atoms with Gasteiger partial charge in [-0.25, -0.2) is 9.98 Å². The maximum Gasteiger partial charge on any atom is 0.191 e. The summed E-state index contributed by atoms with van der Waals surface area (Å²) < 4.78 is 5.62. The van der Waals surface area contributed by atoms with E-state index in [9.17, 15) is 0 Å². The van der Waals surface area contributed by atoms with E-state index in [0.717, 1.165) is 69.5 Å². The number of guanidine groups is 1. The number of thiophene rings is 1. The molecule has 1 unspecified atom stereocenters. The van der Waals surface area contributed by atoms with Crippen molar-refractivity contribution in [3.05, 3.63) is 41.4 Å². The highest BCUT2D eigenvalue weighted by Gasteiger charge is 2.21. The zero-order valence-electron chi connectivity index (χ0n) is 18.6. The summed E-state index contributed by atoms with van der Waals surface area (Å²) in [6.07, 6.45) is 4.44. The molecule has 31 heavy (non-hydrogen) atoms. The summed E-state index contributed by atoms with van der Waals surface area (Å²) in [6.45, 7) is 10.4. The molecule has 0 aromatic carbocycles. The molecule has 0 aliphatic carbocycles. The molecule has 2 aliphatic heterocycles. The Labute approximate surface area is 189 Å². The van der Waals surface area contributed by atoms with Gasteiger partial charge in [-0.3, -0.25) is 0 Å². The molecule has 2 aromatic rings. The van der Waals surface area contributed by atoms with E-state index in [1.807, 2.05) is 17.5 Å². The van der Waals surface area contributed by atoms with Crippen molar-refractivity contribution in [3.63, 3.8) is 0 Å².